The predicted octanol–water partition coefficient (Wildman–Crippen LogP) is 4.19. The summed E-state index contributed by atoms with van der Waals surface area (Å²) >= 11 is 0. The second-order valence-electron chi connectivity index (χ2n) is 5.83. The molecule has 0 bridgehead atoms. The summed E-state index contributed by atoms with van der Waals surface area (Å²) in [5, 5.41) is 2.11. The fourth-order valence-corrected chi connectivity index (χ4v) is 2.61. The van der Waals surface area contributed by atoms with Crippen LogP contribution in [0.25, 0.3) is 21.8 Å². The summed E-state index contributed by atoms with van der Waals surface area (Å²) in [5.74, 6) is 22.3. The van der Waals surface area contributed by atoms with Gasteiger partial charge in [0.1, 0.15) is 0 Å². The molecule has 2 aromatic carbocycles. The molecule has 0 fully saturated rings. The van der Waals surface area contributed by atoms with Crippen molar-refractivity contribution in [1.82, 2.24) is 9.97 Å². The van der Waals surface area contributed by atoms with Crippen molar-refractivity contribution in [2.45, 2.75) is 0 Å². The Hall–Kier alpha value is -4.50. The summed E-state index contributed by atoms with van der Waals surface area (Å²) < 4.78 is 0. The second-order valence-corrected chi connectivity index (χ2v) is 5.83. The zero-order valence-corrected chi connectivity index (χ0v) is 14.8. The third kappa shape index (κ3) is 4.18. The van der Waals surface area contributed by atoms with Gasteiger partial charge in [-0.1, -0.05) is 48.2 Å². The zero-order chi connectivity index (χ0) is 19.0. The maximum absolute atomic E-state index is 4.37. The lowest BCUT2D eigenvalue weighted by Crippen LogP contribution is -1.81. The molecule has 0 radical (unpaired) electrons. The SMILES string of the molecule is C(C#CC#Cc1cnc2ccccc2c1)#CC#Cc1cnc2ccccc2c1. The van der Waals surface area contributed by atoms with Gasteiger partial charge in [-0.15, -0.1) is 0 Å². The molecule has 0 aliphatic heterocycles. The third-order valence-electron chi connectivity index (χ3n) is 3.91. The van der Waals surface area contributed by atoms with Crippen molar-refractivity contribution in [2.75, 3.05) is 0 Å². The summed E-state index contributed by atoms with van der Waals surface area (Å²) in [6.07, 6.45) is 3.48. The van der Waals surface area contributed by atoms with Crippen molar-refractivity contribution in [3.8, 4) is 47.4 Å². The Kier molecular flexibility index (Phi) is 4.99. The molecule has 2 aromatic heterocycles. The van der Waals surface area contributed by atoms with E-state index in [4.69, 9.17) is 0 Å². The van der Waals surface area contributed by atoms with Gasteiger partial charge in [0.05, 0.1) is 11.0 Å². The molecule has 0 saturated carbocycles. The fourth-order valence-electron chi connectivity index (χ4n) is 2.61. The van der Waals surface area contributed by atoms with E-state index in [0.717, 1.165) is 32.9 Å². The maximum Gasteiger partial charge on any atom is 0.0702 e. The van der Waals surface area contributed by atoms with E-state index in [9.17, 15) is 0 Å². The first-order valence-electron chi connectivity index (χ1n) is 8.60. The summed E-state index contributed by atoms with van der Waals surface area (Å²) in [6.45, 7) is 0. The van der Waals surface area contributed by atoms with Gasteiger partial charge in [-0.25, -0.2) is 0 Å². The first-order valence-corrected chi connectivity index (χ1v) is 8.60. The number of hydrogen-bond acceptors (Lipinski definition) is 2. The molecule has 0 N–H and O–H groups in total. The minimum atomic E-state index is 0.824. The van der Waals surface area contributed by atoms with Gasteiger partial charge in [0.25, 0.3) is 0 Å². The third-order valence-corrected chi connectivity index (χ3v) is 3.91. The van der Waals surface area contributed by atoms with E-state index in [-0.39, 0.29) is 0 Å². The maximum atomic E-state index is 4.37. The van der Waals surface area contributed by atoms with Crippen molar-refractivity contribution < 1.29 is 0 Å². The molecule has 2 heteroatoms. The summed E-state index contributed by atoms with van der Waals surface area (Å²) in [6, 6.07) is 19.8. The molecule has 2 nitrogen and oxygen atoms in total. The van der Waals surface area contributed by atoms with Crippen LogP contribution in [0.5, 0.6) is 0 Å². The van der Waals surface area contributed by atoms with E-state index >= 15 is 0 Å². The van der Waals surface area contributed by atoms with E-state index in [0.29, 0.717) is 0 Å². The lowest BCUT2D eigenvalue weighted by molar-refractivity contribution is 1.39. The molecular formula is C26H12N2. The van der Waals surface area contributed by atoms with Crippen LogP contribution in [0.3, 0.4) is 0 Å². The van der Waals surface area contributed by atoms with Crippen LogP contribution in [0.15, 0.2) is 73.1 Å². The molecule has 0 saturated heterocycles. The van der Waals surface area contributed by atoms with Crippen molar-refractivity contribution in [3.63, 3.8) is 0 Å². The highest BCUT2D eigenvalue weighted by atomic mass is 14.6. The zero-order valence-electron chi connectivity index (χ0n) is 14.8. The smallest absolute Gasteiger partial charge is 0.0702 e. The van der Waals surface area contributed by atoms with E-state index < -0.39 is 0 Å². The van der Waals surface area contributed by atoms with Crippen LogP contribution in [0.1, 0.15) is 11.1 Å². The molecule has 0 amide bonds. The molecule has 2 heterocycles. The molecule has 28 heavy (non-hydrogen) atoms. The van der Waals surface area contributed by atoms with Crippen LogP contribution < -0.4 is 0 Å². The van der Waals surface area contributed by atoms with E-state index in [1.807, 2.05) is 60.7 Å². The lowest BCUT2D eigenvalue weighted by Gasteiger charge is -1.95. The Morgan fingerprint density at radius 3 is 1.43 bits per heavy atom. The van der Waals surface area contributed by atoms with Crippen LogP contribution >= 0.6 is 0 Å². The highest BCUT2D eigenvalue weighted by Crippen LogP contribution is 2.12. The number of benzene rings is 2. The number of aromatic nitrogens is 2. The number of para-hydroxylation sites is 2. The molecular weight excluding hydrogens is 340 g/mol. The standard InChI is InChI=1S/C26H12N2/c1(3-5-11-21-17-23-13-7-9-15-25(23)27-19-21)2-4-6-12-22-18-24-14-8-10-16-26(24)28-20-22/h7-10,13-20H. The van der Waals surface area contributed by atoms with Gasteiger partial charge in [-0.2, -0.15) is 0 Å². The topological polar surface area (TPSA) is 25.8 Å². The van der Waals surface area contributed by atoms with Gasteiger partial charge in [-0.3, -0.25) is 9.97 Å². The second kappa shape index (κ2) is 8.25. The molecule has 4 aromatic rings. The quantitative estimate of drug-likeness (QED) is 0.444. The number of hydrogen-bond donors (Lipinski definition) is 0. The van der Waals surface area contributed by atoms with Crippen molar-refractivity contribution in [3.05, 3.63) is 84.2 Å². The summed E-state index contributed by atoms with van der Waals surface area (Å²) in [7, 11) is 0. The van der Waals surface area contributed by atoms with Gasteiger partial charge in [-0.05, 0) is 59.8 Å². The molecule has 4 rings (SSSR count). The van der Waals surface area contributed by atoms with Gasteiger partial charge >= 0.3 is 0 Å². The Bertz CT molecular complexity index is 1320. The normalized spacial score (nSPS) is 9.00. The minimum absolute atomic E-state index is 0.824. The van der Waals surface area contributed by atoms with Gasteiger partial charge in [0, 0.05) is 34.3 Å². The number of pyridine rings is 2. The van der Waals surface area contributed by atoms with Gasteiger partial charge in [0.2, 0.25) is 0 Å². The first kappa shape index (κ1) is 16.9. The van der Waals surface area contributed by atoms with E-state index in [2.05, 4.69) is 57.3 Å². The Morgan fingerprint density at radius 2 is 0.929 bits per heavy atom. The average molecular weight is 352 g/mol. The molecule has 0 aliphatic carbocycles. The van der Waals surface area contributed by atoms with E-state index in [1.165, 1.54) is 0 Å². The summed E-state index contributed by atoms with van der Waals surface area (Å²) in [5.41, 5.74) is 3.55. The van der Waals surface area contributed by atoms with Crippen LogP contribution in [0.4, 0.5) is 0 Å². The summed E-state index contributed by atoms with van der Waals surface area (Å²) in [4.78, 5) is 8.73. The molecule has 126 valence electrons. The molecule has 0 unspecified atom stereocenters. The lowest BCUT2D eigenvalue weighted by atomic mass is 10.1. The Labute approximate surface area is 163 Å². The van der Waals surface area contributed by atoms with Crippen LogP contribution in [-0.4, -0.2) is 9.97 Å². The van der Waals surface area contributed by atoms with Crippen LogP contribution in [0.2, 0.25) is 0 Å². The molecule has 0 spiro atoms. The number of rotatable bonds is 0. The first-order chi connectivity index (χ1) is 13.9. The molecule has 0 aliphatic rings. The van der Waals surface area contributed by atoms with Crippen molar-refractivity contribution >= 4 is 21.8 Å². The number of fused-ring (bicyclic) bond motifs is 2. The highest BCUT2D eigenvalue weighted by Gasteiger charge is 1.94. The minimum Gasteiger partial charge on any atom is -0.255 e. The monoisotopic (exact) mass is 352 g/mol. The van der Waals surface area contributed by atoms with Crippen LogP contribution in [-0.2, 0) is 0 Å². The fraction of sp³-hybridized carbons (Fsp3) is 0. The average Bonchev–Trinajstić information content (AvgIpc) is 2.75. The van der Waals surface area contributed by atoms with Crippen molar-refractivity contribution in [2.24, 2.45) is 0 Å². The Morgan fingerprint density at radius 1 is 0.500 bits per heavy atom. The predicted molar refractivity (Wildman–Crippen MR) is 113 cm³/mol. The van der Waals surface area contributed by atoms with Crippen molar-refractivity contribution in [1.29, 1.82) is 0 Å². The molecule has 0 atom stereocenters. The Balaban J connectivity index is 1.42. The van der Waals surface area contributed by atoms with E-state index in [1.54, 1.807) is 12.4 Å². The highest BCUT2D eigenvalue weighted by molar-refractivity contribution is 5.80. The largest absolute Gasteiger partial charge is 0.255 e. The van der Waals surface area contributed by atoms with Crippen LogP contribution in [0, 0.1) is 47.4 Å². The number of nitrogens with zero attached hydrogens (tertiary/aromatic N) is 2. The van der Waals surface area contributed by atoms with Gasteiger partial charge < -0.3 is 0 Å². The van der Waals surface area contributed by atoms with Gasteiger partial charge in [0.15, 0.2) is 0 Å².